The van der Waals surface area contributed by atoms with Gasteiger partial charge in [0.05, 0.1) is 11.3 Å². The Balaban J connectivity index is 1.44. The minimum atomic E-state index is -0.374. The topological polar surface area (TPSA) is 80.5 Å². The Morgan fingerprint density at radius 3 is 2.62 bits per heavy atom. The summed E-state index contributed by atoms with van der Waals surface area (Å²) in [7, 11) is 0. The summed E-state index contributed by atoms with van der Waals surface area (Å²) in [6, 6.07) is 12.1. The molecule has 4 aromatic rings. The summed E-state index contributed by atoms with van der Waals surface area (Å²) < 4.78 is 31.9. The van der Waals surface area contributed by atoms with Crippen molar-refractivity contribution in [1.29, 1.82) is 0 Å². The van der Waals surface area contributed by atoms with Crippen LogP contribution in [0.2, 0.25) is 0 Å². The van der Waals surface area contributed by atoms with Crippen LogP contribution in [0.4, 0.5) is 8.78 Å². The lowest BCUT2D eigenvalue weighted by molar-refractivity contribution is 0.391. The summed E-state index contributed by atoms with van der Waals surface area (Å²) in [4.78, 5) is 8.51. The summed E-state index contributed by atoms with van der Waals surface area (Å²) in [5, 5.41) is 11.1. The monoisotopic (exact) mass is 371 g/mol. The molecule has 4 rings (SSSR count). The quantitative estimate of drug-likeness (QED) is 0.532. The third-order valence-corrected chi connectivity index (χ3v) is 4.32. The Morgan fingerprint density at radius 2 is 1.81 bits per heavy atom. The van der Waals surface area contributed by atoms with Crippen molar-refractivity contribution in [3.63, 3.8) is 0 Å². The fourth-order valence-corrected chi connectivity index (χ4v) is 2.88. The van der Waals surface area contributed by atoms with Gasteiger partial charge in [-0.15, -0.1) is 5.10 Å². The van der Waals surface area contributed by atoms with Gasteiger partial charge in [0.25, 0.3) is 0 Å². The average Bonchev–Trinajstić information content (AvgIpc) is 3.30. The highest BCUT2D eigenvalue weighted by Crippen LogP contribution is 2.24. The van der Waals surface area contributed by atoms with Gasteiger partial charge < -0.3 is 4.52 Å². The van der Waals surface area contributed by atoms with Crippen LogP contribution >= 0.6 is 11.8 Å². The van der Waals surface area contributed by atoms with Crippen LogP contribution in [0.1, 0.15) is 5.89 Å². The van der Waals surface area contributed by atoms with E-state index in [1.54, 1.807) is 30.3 Å². The molecule has 0 aliphatic heterocycles. The van der Waals surface area contributed by atoms with E-state index in [2.05, 4.69) is 25.3 Å². The molecule has 0 spiro atoms. The molecule has 0 atom stereocenters. The molecule has 0 fully saturated rings. The standard InChI is InChI=1S/C17H11F2N5OS/c18-11-7-5-10(6-8-11)15-20-14(25-24-15)9-26-17-21-16(22-23-17)12-3-1-2-4-13(12)19/h1-8H,9H2,(H,21,22,23). The van der Waals surface area contributed by atoms with Crippen LogP contribution in [-0.4, -0.2) is 25.3 Å². The highest BCUT2D eigenvalue weighted by molar-refractivity contribution is 7.98. The van der Waals surface area contributed by atoms with E-state index in [-0.39, 0.29) is 11.6 Å². The lowest BCUT2D eigenvalue weighted by Gasteiger charge is -1.96. The molecule has 2 heterocycles. The van der Waals surface area contributed by atoms with E-state index in [4.69, 9.17) is 4.52 Å². The van der Waals surface area contributed by atoms with Gasteiger partial charge in [0.2, 0.25) is 16.9 Å². The van der Waals surface area contributed by atoms with Crippen LogP contribution in [0.3, 0.4) is 0 Å². The lowest BCUT2D eigenvalue weighted by Crippen LogP contribution is -1.86. The zero-order valence-corrected chi connectivity index (χ0v) is 14.0. The average molecular weight is 371 g/mol. The number of thioether (sulfide) groups is 1. The summed E-state index contributed by atoms with van der Waals surface area (Å²) >= 11 is 1.27. The Labute approximate surface area is 150 Å². The van der Waals surface area contributed by atoms with Crippen molar-refractivity contribution in [1.82, 2.24) is 25.3 Å². The van der Waals surface area contributed by atoms with Crippen LogP contribution in [0.25, 0.3) is 22.8 Å². The first-order valence-corrected chi connectivity index (χ1v) is 8.56. The van der Waals surface area contributed by atoms with Gasteiger partial charge in [-0.3, -0.25) is 5.10 Å². The maximum atomic E-state index is 13.8. The number of hydrogen-bond acceptors (Lipinski definition) is 6. The predicted octanol–water partition coefficient (Wildman–Crippen LogP) is 4.09. The van der Waals surface area contributed by atoms with E-state index in [9.17, 15) is 8.78 Å². The van der Waals surface area contributed by atoms with E-state index in [0.29, 0.717) is 39.6 Å². The predicted molar refractivity (Wildman–Crippen MR) is 91.0 cm³/mol. The largest absolute Gasteiger partial charge is 0.338 e. The highest BCUT2D eigenvalue weighted by Gasteiger charge is 2.13. The molecule has 0 amide bonds. The molecule has 2 aromatic carbocycles. The summed E-state index contributed by atoms with van der Waals surface area (Å²) in [5.41, 5.74) is 1.01. The van der Waals surface area contributed by atoms with Crippen molar-refractivity contribution in [3.05, 3.63) is 66.1 Å². The number of halogens is 2. The van der Waals surface area contributed by atoms with Gasteiger partial charge in [-0.1, -0.05) is 29.1 Å². The fourth-order valence-electron chi connectivity index (χ4n) is 2.24. The molecule has 0 aliphatic rings. The fraction of sp³-hybridized carbons (Fsp3) is 0.0588. The zero-order valence-electron chi connectivity index (χ0n) is 13.2. The van der Waals surface area contributed by atoms with Gasteiger partial charge in [0.15, 0.2) is 5.82 Å². The zero-order chi connectivity index (χ0) is 17.9. The van der Waals surface area contributed by atoms with Gasteiger partial charge in [0.1, 0.15) is 11.6 Å². The molecule has 9 heteroatoms. The van der Waals surface area contributed by atoms with Crippen LogP contribution in [0, 0.1) is 11.6 Å². The van der Waals surface area contributed by atoms with Crippen molar-refractivity contribution >= 4 is 11.8 Å². The van der Waals surface area contributed by atoms with Crippen molar-refractivity contribution in [2.45, 2.75) is 10.9 Å². The number of rotatable bonds is 5. The van der Waals surface area contributed by atoms with Gasteiger partial charge in [-0.05, 0) is 36.4 Å². The lowest BCUT2D eigenvalue weighted by atomic mass is 10.2. The van der Waals surface area contributed by atoms with Gasteiger partial charge >= 0.3 is 0 Å². The van der Waals surface area contributed by atoms with Gasteiger partial charge in [-0.25, -0.2) is 13.8 Å². The van der Waals surface area contributed by atoms with Crippen LogP contribution in [0.5, 0.6) is 0 Å². The van der Waals surface area contributed by atoms with Crippen molar-refractivity contribution in [2.24, 2.45) is 0 Å². The maximum absolute atomic E-state index is 13.8. The molecule has 26 heavy (non-hydrogen) atoms. The minimum Gasteiger partial charge on any atom is -0.338 e. The molecule has 130 valence electrons. The number of nitrogens with one attached hydrogen (secondary N) is 1. The number of aromatic amines is 1. The van der Waals surface area contributed by atoms with E-state index < -0.39 is 0 Å². The molecule has 0 unspecified atom stereocenters. The minimum absolute atomic E-state index is 0.330. The van der Waals surface area contributed by atoms with Crippen molar-refractivity contribution in [3.8, 4) is 22.8 Å². The number of nitrogens with zero attached hydrogens (tertiary/aromatic N) is 4. The third-order valence-electron chi connectivity index (χ3n) is 3.49. The Bertz CT molecular complexity index is 1030. The maximum Gasteiger partial charge on any atom is 0.237 e. The molecule has 0 saturated carbocycles. The number of hydrogen-bond donors (Lipinski definition) is 1. The van der Waals surface area contributed by atoms with E-state index in [0.717, 1.165) is 0 Å². The Morgan fingerprint density at radius 1 is 1.00 bits per heavy atom. The normalized spacial score (nSPS) is 11.0. The van der Waals surface area contributed by atoms with Crippen LogP contribution in [-0.2, 0) is 5.75 Å². The number of aromatic nitrogens is 5. The highest BCUT2D eigenvalue weighted by atomic mass is 32.2. The molecule has 0 saturated heterocycles. The van der Waals surface area contributed by atoms with Crippen LogP contribution in [0.15, 0.2) is 58.2 Å². The smallest absolute Gasteiger partial charge is 0.237 e. The number of H-pyrrole nitrogens is 1. The molecule has 1 N–H and O–H groups in total. The first-order chi connectivity index (χ1) is 12.7. The number of benzene rings is 2. The summed E-state index contributed by atoms with van der Waals surface area (Å²) in [6.45, 7) is 0. The van der Waals surface area contributed by atoms with Crippen molar-refractivity contribution in [2.75, 3.05) is 0 Å². The van der Waals surface area contributed by atoms with Gasteiger partial charge in [-0.2, -0.15) is 4.98 Å². The first-order valence-electron chi connectivity index (χ1n) is 7.57. The Kier molecular flexibility index (Phi) is 4.44. The molecular formula is C17H11F2N5OS. The first kappa shape index (κ1) is 16.4. The second-order valence-corrected chi connectivity index (χ2v) is 6.20. The SMILES string of the molecule is Fc1ccc(-c2noc(CSc3n[nH]c(-c4ccccc4F)n3)n2)cc1. The molecule has 2 aromatic heterocycles. The Hall–Kier alpha value is -3.07. The van der Waals surface area contributed by atoms with E-state index in [1.807, 2.05) is 0 Å². The molecule has 0 radical (unpaired) electrons. The second-order valence-electron chi connectivity index (χ2n) is 5.25. The molecular weight excluding hydrogens is 360 g/mol. The molecule has 0 aliphatic carbocycles. The molecule has 6 nitrogen and oxygen atoms in total. The second kappa shape index (κ2) is 7.04. The summed E-state index contributed by atoms with van der Waals surface area (Å²) in [5.74, 6) is 0.754. The van der Waals surface area contributed by atoms with Gasteiger partial charge in [0, 0.05) is 5.56 Å². The van der Waals surface area contributed by atoms with Crippen molar-refractivity contribution < 1.29 is 13.3 Å². The van der Waals surface area contributed by atoms with Crippen LogP contribution < -0.4 is 0 Å². The third kappa shape index (κ3) is 3.47. The summed E-state index contributed by atoms with van der Waals surface area (Å²) in [6.07, 6.45) is 0. The molecule has 0 bridgehead atoms. The van der Waals surface area contributed by atoms with E-state index in [1.165, 1.54) is 30.0 Å². The van der Waals surface area contributed by atoms with E-state index >= 15 is 0 Å².